The van der Waals surface area contributed by atoms with Crippen molar-refractivity contribution >= 4 is 11.9 Å². The van der Waals surface area contributed by atoms with Gasteiger partial charge in [-0.05, 0) is 32.1 Å². The molecule has 0 unspecified atom stereocenters. The fourth-order valence-corrected chi connectivity index (χ4v) is 4.45. The fourth-order valence-electron chi connectivity index (χ4n) is 4.45. The number of nitrogens with one attached hydrogen (secondary N) is 1. The average molecular weight is 351 g/mol. The van der Waals surface area contributed by atoms with E-state index in [2.05, 4.69) is 5.32 Å². The number of amides is 3. The molecule has 1 N–H and O–H groups in total. The lowest BCUT2D eigenvalue weighted by molar-refractivity contribution is -0.130. The first-order valence-electron chi connectivity index (χ1n) is 10.1. The first-order valence-corrected chi connectivity index (χ1v) is 10.1. The number of likely N-dealkylation sites (tertiary alicyclic amines) is 1. The van der Waals surface area contributed by atoms with Crippen LogP contribution in [-0.2, 0) is 9.53 Å². The minimum atomic E-state index is 0.0268. The van der Waals surface area contributed by atoms with Gasteiger partial charge in [0, 0.05) is 44.6 Å². The van der Waals surface area contributed by atoms with Crippen molar-refractivity contribution in [3.05, 3.63) is 0 Å². The Hall–Kier alpha value is -1.30. The van der Waals surface area contributed by atoms with E-state index in [0.717, 1.165) is 51.9 Å². The second kappa shape index (κ2) is 8.88. The molecule has 0 radical (unpaired) electrons. The van der Waals surface area contributed by atoms with Crippen LogP contribution in [0.2, 0.25) is 0 Å². The quantitative estimate of drug-likeness (QED) is 0.791. The maximum absolute atomic E-state index is 12.5. The third-order valence-electron chi connectivity index (χ3n) is 5.94. The van der Waals surface area contributed by atoms with Gasteiger partial charge in [-0.15, -0.1) is 0 Å². The second-order valence-electron chi connectivity index (χ2n) is 7.96. The van der Waals surface area contributed by atoms with Crippen molar-refractivity contribution in [2.24, 2.45) is 5.41 Å². The van der Waals surface area contributed by atoms with Crippen molar-refractivity contribution in [2.45, 2.75) is 57.8 Å². The first-order chi connectivity index (χ1) is 12.2. The van der Waals surface area contributed by atoms with Crippen LogP contribution < -0.4 is 5.32 Å². The van der Waals surface area contributed by atoms with E-state index in [1.54, 1.807) is 0 Å². The molecule has 25 heavy (non-hydrogen) atoms. The highest BCUT2D eigenvalue weighted by Crippen LogP contribution is 2.40. The van der Waals surface area contributed by atoms with Gasteiger partial charge in [0.05, 0.1) is 13.2 Å². The van der Waals surface area contributed by atoms with Crippen LogP contribution in [0.25, 0.3) is 0 Å². The number of carbonyl (C=O) groups is 2. The smallest absolute Gasteiger partial charge is 0.317 e. The normalized spacial score (nSPS) is 24.2. The van der Waals surface area contributed by atoms with Crippen LogP contribution in [0.5, 0.6) is 0 Å². The van der Waals surface area contributed by atoms with Gasteiger partial charge in [-0.25, -0.2) is 4.79 Å². The predicted molar refractivity (Wildman–Crippen MR) is 96.4 cm³/mol. The van der Waals surface area contributed by atoms with Crippen molar-refractivity contribution in [3.63, 3.8) is 0 Å². The van der Waals surface area contributed by atoms with Gasteiger partial charge >= 0.3 is 6.03 Å². The number of ether oxygens (including phenoxy) is 1. The largest absolute Gasteiger partial charge is 0.379 e. The molecule has 3 amide bonds. The third kappa shape index (κ3) is 5.09. The summed E-state index contributed by atoms with van der Waals surface area (Å²) in [5.41, 5.74) is 0.187. The minimum absolute atomic E-state index is 0.0268. The zero-order valence-electron chi connectivity index (χ0n) is 15.4. The Labute approximate surface area is 151 Å². The van der Waals surface area contributed by atoms with Crippen molar-refractivity contribution in [1.82, 2.24) is 15.1 Å². The second-order valence-corrected chi connectivity index (χ2v) is 7.96. The van der Waals surface area contributed by atoms with Crippen LogP contribution in [0, 0.1) is 5.41 Å². The molecule has 2 heterocycles. The molecular weight excluding hydrogens is 318 g/mol. The summed E-state index contributed by atoms with van der Waals surface area (Å²) in [6, 6.07) is 0.0268. The van der Waals surface area contributed by atoms with Gasteiger partial charge in [-0.3, -0.25) is 4.79 Å². The highest BCUT2D eigenvalue weighted by atomic mass is 16.5. The number of carbonyl (C=O) groups excluding carboxylic acids is 2. The van der Waals surface area contributed by atoms with Gasteiger partial charge in [-0.1, -0.05) is 19.3 Å². The molecule has 1 saturated carbocycles. The highest BCUT2D eigenvalue weighted by molar-refractivity contribution is 5.76. The molecule has 2 saturated heterocycles. The van der Waals surface area contributed by atoms with Gasteiger partial charge < -0.3 is 19.9 Å². The molecule has 0 atom stereocenters. The van der Waals surface area contributed by atoms with Crippen LogP contribution in [0.1, 0.15) is 57.8 Å². The Balaban J connectivity index is 1.40. The SMILES string of the molecule is O=C1CCCCCN1CCCNC(=O)N1CCOCC2(CCCC2)C1. The molecule has 3 aliphatic rings. The number of hydrogen-bond acceptors (Lipinski definition) is 3. The van der Waals surface area contributed by atoms with Gasteiger partial charge in [0.1, 0.15) is 0 Å². The number of nitrogens with zero attached hydrogens (tertiary/aromatic N) is 2. The lowest BCUT2D eigenvalue weighted by atomic mass is 9.87. The summed E-state index contributed by atoms with van der Waals surface area (Å²) < 4.78 is 5.78. The van der Waals surface area contributed by atoms with E-state index in [4.69, 9.17) is 4.74 Å². The summed E-state index contributed by atoms with van der Waals surface area (Å²) in [6.45, 7) is 5.20. The van der Waals surface area contributed by atoms with Gasteiger partial charge in [-0.2, -0.15) is 0 Å². The minimum Gasteiger partial charge on any atom is -0.379 e. The van der Waals surface area contributed by atoms with Gasteiger partial charge in [0.15, 0.2) is 0 Å². The number of rotatable bonds is 4. The molecular formula is C19H33N3O3. The van der Waals surface area contributed by atoms with E-state index in [1.807, 2.05) is 9.80 Å². The van der Waals surface area contributed by atoms with Crippen molar-refractivity contribution in [1.29, 1.82) is 0 Å². The molecule has 6 nitrogen and oxygen atoms in total. The maximum atomic E-state index is 12.5. The molecule has 6 heteroatoms. The fraction of sp³-hybridized carbons (Fsp3) is 0.895. The average Bonchev–Trinajstić information content (AvgIpc) is 2.82. The van der Waals surface area contributed by atoms with Crippen LogP contribution in [0.15, 0.2) is 0 Å². The monoisotopic (exact) mass is 351 g/mol. The van der Waals surface area contributed by atoms with E-state index in [-0.39, 0.29) is 17.4 Å². The molecule has 0 aromatic carbocycles. The van der Waals surface area contributed by atoms with Crippen molar-refractivity contribution in [2.75, 3.05) is 45.9 Å². The van der Waals surface area contributed by atoms with E-state index >= 15 is 0 Å². The Morgan fingerprint density at radius 2 is 1.96 bits per heavy atom. The first kappa shape index (κ1) is 18.5. The summed E-state index contributed by atoms with van der Waals surface area (Å²) in [5.74, 6) is 0.275. The molecule has 0 bridgehead atoms. The molecule has 0 aromatic rings. The molecule has 3 fully saturated rings. The zero-order valence-corrected chi connectivity index (χ0v) is 15.4. The maximum Gasteiger partial charge on any atom is 0.317 e. The molecule has 2 aliphatic heterocycles. The molecule has 0 aromatic heterocycles. The van der Waals surface area contributed by atoms with Crippen LogP contribution in [0.4, 0.5) is 4.79 Å². The molecule has 142 valence electrons. The summed E-state index contributed by atoms with van der Waals surface area (Å²) in [5, 5.41) is 3.05. The van der Waals surface area contributed by atoms with E-state index in [9.17, 15) is 9.59 Å². The van der Waals surface area contributed by atoms with Crippen LogP contribution in [-0.4, -0.2) is 67.7 Å². The number of urea groups is 1. The summed E-state index contributed by atoms with van der Waals surface area (Å²) in [6.07, 6.45) is 9.64. The highest BCUT2D eigenvalue weighted by Gasteiger charge is 2.38. The Kier molecular flexibility index (Phi) is 6.57. The van der Waals surface area contributed by atoms with E-state index in [1.165, 1.54) is 25.7 Å². The Bertz CT molecular complexity index is 463. The van der Waals surface area contributed by atoms with Gasteiger partial charge in [0.2, 0.25) is 5.91 Å². The summed E-state index contributed by atoms with van der Waals surface area (Å²) >= 11 is 0. The molecule has 1 spiro atoms. The standard InChI is InChI=1S/C19H33N3O3/c23-17-7-2-1-5-11-21(17)12-6-10-20-18(24)22-13-14-25-16-19(15-22)8-3-4-9-19/h1-16H2,(H,20,24). The van der Waals surface area contributed by atoms with Crippen molar-refractivity contribution < 1.29 is 14.3 Å². The van der Waals surface area contributed by atoms with E-state index < -0.39 is 0 Å². The van der Waals surface area contributed by atoms with Crippen LogP contribution in [0.3, 0.4) is 0 Å². The van der Waals surface area contributed by atoms with E-state index in [0.29, 0.717) is 26.1 Å². The number of hydrogen-bond donors (Lipinski definition) is 1. The Morgan fingerprint density at radius 3 is 2.80 bits per heavy atom. The predicted octanol–water partition coefficient (Wildman–Crippen LogP) is 2.38. The molecule has 1 aliphatic carbocycles. The zero-order chi connectivity index (χ0) is 17.5. The summed E-state index contributed by atoms with van der Waals surface area (Å²) in [4.78, 5) is 28.4. The molecule has 3 rings (SSSR count). The summed E-state index contributed by atoms with van der Waals surface area (Å²) in [7, 11) is 0. The lowest BCUT2D eigenvalue weighted by Crippen LogP contribution is -2.46. The van der Waals surface area contributed by atoms with Gasteiger partial charge in [0.25, 0.3) is 0 Å². The van der Waals surface area contributed by atoms with Crippen LogP contribution >= 0.6 is 0 Å². The topological polar surface area (TPSA) is 61.9 Å². The Morgan fingerprint density at radius 1 is 1.12 bits per heavy atom. The van der Waals surface area contributed by atoms with Crippen molar-refractivity contribution in [3.8, 4) is 0 Å². The lowest BCUT2D eigenvalue weighted by Gasteiger charge is -2.31. The third-order valence-corrected chi connectivity index (χ3v) is 5.94.